The molecule has 0 amide bonds. The van der Waals surface area contributed by atoms with Crippen LogP contribution >= 0.6 is 11.3 Å². The first-order valence-corrected chi connectivity index (χ1v) is 8.22. The second-order valence-electron chi connectivity index (χ2n) is 5.31. The Morgan fingerprint density at radius 1 is 1.12 bits per heavy atom. The number of rotatable bonds is 3. The van der Waals surface area contributed by atoms with Crippen molar-refractivity contribution in [1.29, 1.82) is 0 Å². The molecule has 0 unspecified atom stereocenters. The zero-order chi connectivity index (χ0) is 16.7. The highest BCUT2D eigenvalue weighted by atomic mass is 32.1. The van der Waals surface area contributed by atoms with E-state index < -0.39 is 0 Å². The lowest BCUT2D eigenvalue weighted by Crippen LogP contribution is -2.22. The molecule has 0 fully saturated rings. The lowest BCUT2D eigenvalue weighted by atomic mass is 10.2. The zero-order valence-corrected chi connectivity index (χ0v) is 14.0. The Morgan fingerprint density at radius 2 is 1.96 bits per heavy atom. The van der Waals surface area contributed by atoms with E-state index in [2.05, 4.69) is 4.98 Å². The van der Waals surface area contributed by atoms with E-state index in [1.807, 2.05) is 48.5 Å². The molecule has 1 N–H and O–H groups in total. The molecule has 24 heavy (non-hydrogen) atoms. The van der Waals surface area contributed by atoms with Gasteiger partial charge in [-0.2, -0.15) is 0 Å². The number of aromatic nitrogens is 2. The van der Waals surface area contributed by atoms with Crippen molar-refractivity contribution in [3.8, 4) is 11.5 Å². The largest absolute Gasteiger partial charge is 0.497 e. The van der Waals surface area contributed by atoms with Gasteiger partial charge in [-0.3, -0.25) is 0 Å². The predicted molar refractivity (Wildman–Crippen MR) is 93.9 cm³/mol. The first kappa shape index (κ1) is 14.7. The third-order valence-corrected chi connectivity index (χ3v) is 4.92. The molecule has 120 valence electrons. The monoisotopic (exact) mass is 339 g/mol. The number of benzene rings is 2. The van der Waals surface area contributed by atoms with Crippen LogP contribution in [0.3, 0.4) is 0 Å². The number of H-pyrrole nitrogens is 1. The molecule has 2 aromatic heterocycles. The summed E-state index contributed by atoms with van der Waals surface area (Å²) in [6, 6.07) is 13.3. The van der Waals surface area contributed by atoms with Gasteiger partial charge in [0.2, 0.25) is 0 Å². The normalized spacial score (nSPS) is 12.2. The summed E-state index contributed by atoms with van der Waals surface area (Å²) in [6.45, 7) is 0. The fourth-order valence-corrected chi connectivity index (χ4v) is 3.78. The third kappa shape index (κ3) is 2.23. The maximum Gasteiger partial charge on any atom is 0.357 e. The van der Waals surface area contributed by atoms with Crippen LogP contribution in [0.2, 0.25) is 0 Å². The maximum atomic E-state index is 12.8. The molecule has 6 heteroatoms. The maximum absolute atomic E-state index is 12.8. The summed E-state index contributed by atoms with van der Waals surface area (Å²) < 4.78 is 13.0. The fourth-order valence-electron chi connectivity index (χ4n) is 2.77. The van der Waals surface area contributed by atoms with E-state index in [0.29, 0.717) is 10.3 Å². The molecule has 0 aliphatic heterocycles. The minimum atomic E-state index is -0.0441. The third-order valence-electron chi connectivity index (χ3n) is 3.93. The molecule has 0 aliphatic carbocycles. The standard InChI is InChI=1S/C18H14N2O3S/c1-22-12-7-8-15(23-2)11(9-12)10-16-17(21)20-14-6-4-3-5-13(14)19-18(20)24-16/h3-10H,1-2H3/p+1. The van der Waals surface area contributed by atoms with E-state index in [0.717, 1.165) is 27.3 Å². The molecule has 0 radical (unpaired) electrons. The highest BCUT2D eigenvalue weighted by Crippen LogP contribution is 2.24. The van der Waals surface area contributed by atoms with Crippen molar-refractivity contribution >= 4 is 33.4 Å². The summed E-state index contributed by atoms with van der Waals surface area (Å²) in [5.41, 5.74) is 2.59. The molecule has 0 spiro atoms. The highest BCUT2D eigenvalue weighted by molar-refractivity contribution is 7.14. The molecule has 0 aliphatic rings. The van der Waals surface area contributed by atoms with Gasteiger partial charge in [0.25, 0.3) is 0 Å². The van der Waals surface area contributed by atoms with Crippen LogP contribution in [0.4, 0.5) is 0 Å². The summed E-state index contributed by atoms with van der Waals surface area (Å²) in [7, 11) is 3.22. The predicted octanol–water partition coefficient (Wildman–Crippen LogP) is 1.89. The molecular formula is C18H15N2O3S+. The zero-order valence-electron chi connectivity index (χ0n) is 13.2. The fraction of sp³-hybridized carbons (Fsp3) is 0.111. The number of hydrogen-bond acceptors (Lipinski definition) is 4. The molecule has 2 aromatic carbocycles. The Bertz CT molecular complexity index is 1160. The van der Waals surface area contributed by atoms with E-state index in [9.17, 15) is 4.79 Å². The van der Waals surface area contributed by atoms with Crippen molar-refractivity contribution in [2.45, 2.75) is 0 Å². The first-order valence-electron chi connectivity index (χ1n) is 7.40. The smallest absolute Gasteiger partial charge is 0.357 e. The van der Waals surface area contributed by atoms with Crippen LogP contribution < -0.4 is 24.5 Å². The van der Waals surface area contributed by atoms with Gasteiger partial charge in [-0.15, -0.1) is 4.40 Å². The van der Waals surface area contributed by atoms with E-state index in [-0.39, 0.29) is 5.56 Å². The second kappa shape index (κ2) is 5.65. The number of fused-ring (bicyclic) bond motifs is 3. The number of nitrogens with zero attached hydrogens (tertiary/aromatic N) is 1. The van der Waals surface area contributed by atoms with Crippen molar-refractivity contribution in [2.24, 2.45) is 0 Å². The van der Waals surface area contributed by atoms with Gasteiger partial charge in [0.15, 0.2) is 11.0 Å². The number of ether oxygens (including phenoxy) is 2. The number of para-hydroxylation sites is 2. The van der Waals surface area contributed by atoms with Gasteiger partial charge in [0.1, 0.15) is 16.0 Å². The van der Waals surface area contributed by atoms with E-state index in [1.54, 1.807) is 18.6 Å². The molecule has 4 aromatic rings. The minimum Gasteiger partial charge on any atom is -0.497 e. The average molecular weight is 339 g/mol. The minimum absolute atomic E-state index is 0.0441. The quantitative estimate of drug-likeness (QED) is 0.573. The SMILES string of the molecule is COc1ccc(OC)c(C=c2sc3[nH+]c4ccccc4n3c2=O)c1. The van der Waals surface area contributed by atoms with Crippen molar-refractivity contribution in [1.82, 2.24) is 4.40 Å². The molecule has 2 heterocycles. The molecule has 4 rings (SSSR count). The van der Waals surface area contributed by atoms with Crippen molar-refractivity contribution < 1.29 is 14.5 Å². The summed E-state index contributed by atoms with van der Waals surface area (Å²) in [5, 5.41) is 0. The van der Waals surface area contributed by atoms with Gasteiger partial charge >= 0.3 is 10.5 Å². The van der Waals surface area contributed by atoms with Gasteiger partial charge in [-0.1, -0.05) is 12.1 Å². The molecule has 0 saturated heterocycles. The van der Waals surface area contributed by atoms with Crippen LogP contribution in [0, 0.1) is 0 Å². The number of aromatic amines is 1. The van der Waals surface area contributed by atoms with Crippen LogP contribution in [-0.4, -0.2) is 18.6 Å². The van der Waals surface area contributed by atoms with Gasteiger partial charge in [0.05, 0.1) is 14.2 Å². The topological polar surface area (TPSA) is 54.1 Å². The summed E-state index contributed by atoms with van der Waals surface area (Å²) in [5.74, 6) is 1.41. The number of imidazole rings is 1. The average Bonchev–Trinajstić information content (AvgIpc) is 3.11. The summed E-state index contributed by atoms with van der Waals surface area (Å²) in [6.07, 6.45) is 1.84. The van der Waals surface area contributed by atoms with Crippen LogP contribution in [0.5, 0.6) is 11.5 Å². The van der Waals surface area contributed by atoms with E-state index in [4.69, 9.17) is 9.47 Å². The molecular weight excluding hydrogens is 324 g/mol. The number of hydrogen-bond donors (Lipinski definition) is 0. The van der Waals surface area contributed by atoms with Gasteiger partial charge in [-0.25, -0.2) is 9.78 Å². The molecule has 0 saturated carbocycles. The lowest BCUT2D eigenvalue weighted by Gasteiger charge is -2.06. The van der Waals surface area contributed by atoms with Gasteiger partial charge in [0, 0.05) is 5.56 Å². The van der Waals surface area contributed by atoms with Gasteiger partial charge in [-0.05, 0) is 47.7 Å². The van der Waals surface area contributed by atoms with Crippen molar-refractivity contribution in [3.05, 3.63) is 62.9 Å². The van der Waals surface area contributed by atoms with Crippen molar-refractivity contribution in [2.75, 3.05) is 14.2 Å². The molecule has 0 bridgehead atoms. The Balaban J connectivity index is 1.98. The summed E-state index contributed by atoms with van der Waals surface area (Å²) >= 11 is 1.42. The van der Waals surface area contributed by atoms with Gasteiger partial charge < -0.3 is 9.47 Å². The number of nitrogens with one attached hydrogen (secondary N) is 1. The Labute approximate surface area is 141 Å². The lowest BCUT2D eigenvalue weighted by molar-refractivity contribution is -0.308. The highest BCUT2D eigenvalue weighted by Gasteiger charge is 2.18. The second-order valence-corrected chi connectivity index (χ2v) is 6.34. The van der Waals surface area contributed by atoms with Crippen molar-refractivity contribution in [3.63, 3.8) is 0 Å². The Hall–Kier alpha value is -2.86. The van der Waals surface area contributed by atoms with Crippen LogP contribution in [0.15, 0.2) is 47.3 Å². The van der Waals surface area contributed by atoms with Crippen LogP contribution in [0.25, 0.3) is 22.1 Å². The summed E-state index contributed by atoms with van der Waals surface area (Å²) in [4.78, 5) is 16.9. The first-order chi connectivity index (χ1) is 11.7. The molecule has 0 atom stereocenters. The number of methoxy groups -OCH3 is 2. The van der Waals surface area contributed by atoms with Crippen LogP contribution in [0.1, 0.15) is 5.56 Å². The Morgan fingerprint density at radius 3 is 2.75 bits per heavy atom. The number of thiazole rings is 1. The van der Waals surface area contributed by atoms with E-state index in [1.165, 1.54) is 11.3 Å². The Kier molecular flexibility index (Phi) is 3.46. The van der Waals surface area contributed by atoms with Crippen LogP contribution in [-0.2, 0) is 0 Å². The van der Waals surface area contributed by atoms with E-state index >= 15 is 0 Å². The molecule has 5 nitrogen and oxygen atoms in total.